The molecular weight excluding hydrogens is 293 g/mol. The fourth-order valence-electron chi connectivity index (χ4n) is 1.80. The highest BCUT2D eigenvalue weighted by Gasteiger charge is 2.15. The number of anilines is 1. The van der Waals surface area contributed by atoms with Crippen molar-refractivity contribution in [1.82, 2.24) is 0 Å². The molecule has 0 amide bonds. The molecule has 0 bridgehead atoms. The predicted octanol–water partition coefficient (Wildman–Crippen LogP) is 2.99. The van der Waals surface area contributed by atoms with Crippen LogP contribution in [0.5, 0.6) is 0 Å². The van der Waals surface area contributed by atoms with Gasteiger partial charge in [-0.2, -0.15) is 0 Å². The van der Waals surface area contributed by atoms with Gasteiger partial charge in [0.15, 0.2) is 0 Å². The normalized spacial score (nSPS) is 13.0. The Kier molecular flexibility index (Phi) is 4.29. The zero-order chi connectivity index (χ0) is 15.6. The average molecular weight is 309 g/mol. The van der Waals surface area contributed by atoms with Crippen LogP contribution in [0, 0.1) is 12.7 Å². The third kappa shape index (κ3) is 3.59. The maximum absolute atomic E-state index is 13.4. The summed E-state index contributed by atoms with van der Waals surface area (Å²) in [6.07, 6.45) is -0.666. The van der Waals surface area contributed by atoms with Crippen LogP contribution in [0.3, 0.4) is 0 Å². The summed E-state index contributed by atoms with van der Waals surface area (Å²) < 4.78 is 40.1. The molecule has 1 unspecified atom stereocenters. The van der Waals surface area contributed by atoms with E-state index in [1.54, 1.807) is 13.8 Å². The van der Waals surface area contributed by atoms with Gasteiger partial charge in [0.25, 0.3) is 10.0 Å². The second-order valence-electron chi connectivity index (χ2n) is 4.81. The van der Waals surface area contributed by atoms with Crippen molar-refractivity contribution in [2.45, 2.75) is 24.8 Å². The van der Waals surface area contributed by atoms with Gasteiger partial charge in [-0.15, -0.1) is 0 Å². The van der Waals surface area contributed by atoms with Crippen molar-refractivity contribution in [1.29, 1.82) is 0 Å². The molecule has 2 aromatic rings. The molecule has 1 atom stereocenters. The van der Waals surface area contributed by atoms with E-state index in [0.29, 0.717) is 11.1 Å². The Balaban J connectivity index is 2.27. The maximum Gasteiger partial charge on any atom is 0.261 e. The van der Waals surface area contributed by atoms with E-state index >= 15 is 0 Å². The Morgan fingerprint density at radius 2 is 1.76 bits per heavy atom. The van der Waals surface area contributed by atoms with Crippen molar-refractivity contribution < 1.29 is 17.9 Å². The Morgan fingerprint density at radius 1 is 1.14 bits per heavy atom. The molecule has 2 aromatic carbocycles. The van der Waals surface area contributed by atoms with Crippen molar-refractivity contribution in [2.24, 2.45) is 0 Å². The Bertz CT molecular complexity index is 740. The SMILES string of the molecule is Cc1ccc(NS(=O)(=O)c2ccc(C(C)O)cc2)cc1F. The number of aliphatic hydroxyl groups is 1. The number of rotatable bonds is 4. The molecule has 0 aliphatic heterocycles. The van der Waals surface area contributed by atoms with E-state index in [4.69, 9.17) is 0 Å². The van der Waals surface area contributed by atoms with Gasteiger partial charge < -0.3 is 5.11 Å². The lowest BCUT2D eigenvalue weighted by molar-refractivity contribution is 0.199. The summed E-state index contributed by atoms with van der Waals surface area (Å²) >= 11 is 0. The van der Waals surface area contributed by atoms with Crippen molar-refractivity contribution in [3.63, 3.8) is 0 Å². The van der Waals surface area contributed by atoms with Gasteiger partial charge in [0.1, 0.15) is 5.82 Å². The molecule has 0 heterocycles. The second kappa shape index (κ2) is 5.83. The van der Waals surface area contributed by atoms with Crippen molar-refractivity contribution in [3.05, 3.63) is 59.4 Å². The summed E-state index contributed by atoms with van der Waals surface area (Å²) in [7, 11) is -3.78. The van der Waals surface area contributed by atoms with E-state index in [2.05, 4.69) is 4.72 Å². The first-order valence-corrected chi connectivity index (χ1v) is 7.85. The lowest BCUT2D eigenvalue weighted by Crippen LogP contribution is -2.13. The number of sulfonamides is 1. The molecule has 2 N–H and O–H groups in total. The number of halogens is 1. The fraction of sp³-hybridized carbons (Fsp3) is 0.200. The topological polar surface area (TPSA) is 66.4 Å². The Hall–Kier alpha value is -1.92. The molecule has 0 aliphatic carbocycles. The van der Waals surface area contributed by atoms with Crippen LogP contribution in [0.4, 0.5) is 10.1 Å². The van der Waals surface area contributed by atoms with Crippen LogP contribution in [-0.4, -0.2) is 13.5 Å². The predicted molar refractivity (Wildman–Crippen MR) is 79.0 cm³/mol. The third-order valence-corrected chi connectivity index (χ3v) is 4.49. The summed E-state index contributed by atoms with van der Waals surface area (Å²) in [4.78, 5) is 0.0490. The maximum atomic E-state index is 13.4. The van der Waals surface area contributed by atoms with E-state index in [0.717, 1.165) is 6.07 Å². The fourth-order valence-corrected chi connectivity index (χ4v) is 2.85. The van der Waals surface area contributed by atoms with Crippen molar-refractivity contribution in [2.75, 3.05) is 4.72 Å². The monoisotopic (exact) mass is 309 g/mol. The molecule has 4 nitrogen and oxygen atoms in total. The molecule has 112 valence electrons. The summed E-state index contributed by atoms with van der Waals surface area (Å²) in [6, 6.07) is 10.0. The smallest absolute Gasteiger partial charge is 0.261 e. The van der Waals surface area contributed by atoms with Crippen LogP contribution in [0.2, 0.25) is 0 Å². The number of aryl methyl sites for hydroxylation is 1. The zero-order valence-electron chi connectivity index (χ0n) is 11.7. The van der Waals surface area contributed by atoms with Gasteiger partial charge in [-0.1, -0.05) is 18.2 Å². The second-order valence-corrected chi connectivity index (χ2v) is 6.50. The van der Waals surface area contributed by atoms with Gasteiger partial charge in [0.05, 0.1) is 16.7 Å². The van der Waals surface area contributed by atoms with Gasteiger partial charge in [-0.05, 0) is 49.2 Å². The molecule has 2 rings (SSSR count). The third-order valence-electron chi connectivity index (χ3n) is 3.10. The Labute approximate surface area is 123 Å². The number of hydrogen-bond donors (Lipinski definition) is 2. The minimum absolute atomic E-state index is 0.0490. The molecule has 0 spiro atoms. The summed E-state index contributed by atoms with van der Waals surface area (Å²) in [5, 5.41) is 9.40. The number of benzene rings is 2. The van der Waals surface area contributed by atoms with E-state index in [1.165, 1.54) is 36.4 Å². The first-order chi connectivity index (χ1) is 9.79. The van der Waals surface area contributed by atoms with Crippen molar-refractivity contribution in [3.8, 4) is 0 Å². The van der Waals surface area contributed by atoms with E-state index in [1.807, 2.05) is 0 Å². The van der Waals surface area contributed by atoms with Gasteiger partial charge >= 0.3 is 0 Å². The first-order valence-electron chi connectivity index (χ1n) is 6.36. The van der Waals surface area contributed by atoms with E-state index < -0.39 is 21.9 Å². The van der Waals surface area contributed by atoms with Crippen LogP contribution in [0.25, 0.3) is 0 Å². The van der Waals surface area contributed by atoms with Crippen LogP contribution < -0.4 is 4.72 Å². The molecule has 21 heavy (non-hydrogen) atoms. The van der Waals surface area contributed by atoms with Gasteiger partial charge in [-0.3, -0.25) is 4.72 Å². The molecule has 6 heteroatoms. The van der Waals surface area contributed by atoms with Crippen molar-refractivity contribution >= 4 is 15.7 Å². The molecule has 0 aromatic heterocycles. The standard InChI is InChI=1S/C15H16FNO3S/c1-10-3-6-13(9-15(10)16)17-21(19,20)14-7-4-12(5-8-14)11(2)18/h3-9,11,17-18H,1-2H3. The molecular formula is C15H16FNO3S. The molecule has 0 aliphatic rings. The summed E-state index contributed by atoms with van der Waals surface area (Å²) in [5.41, 5.74) is 1.23. The molecule has 0 saturated heterocycles. The molecule has 0 radical (unpaired) electrons. The zero-order valence-corrected chi connectivity index (χ0v) is 12.5. The van der Waals surface area contributed by atoms with Gasteiger partial charge in [0, 0.05) is 0 Å². The summed E-state index contributed by atoms with van der Waals surface area (Å²) in [6.45, 7) is 3.19. The highest BCUT2D eigenvalue weighted by molar-refractivity contribution is 7.92. The van der Waals surface area contributed by atoms with Crippen LogP contribution in [0.15, 0.2) is 47.4 Å². The van der Waals surface area contributed by atoms with Gasteiger partial charge in [0.2, 0.25) is 0 Å². The Morgan fingerprint density at radius 3 is 2.29 bits per heavy atom. The average Bonchev–Trinajstić information content (AvgIpc) is 2.43. The van der Waals surface area contributed by atoms with Crippen LogP contribution >= 0.6 is 0 Å². The van der Waals surface area contributed by atoms with E-state index in [-0.39, 0.29) is 10.6 Å². The molecule has 0 saturated carbocycles. The number of nitrogens with one attached hydrogen (secondary N) is 1. The highest BCUT2D eigenvalue weighted by Crippen LogP contribution is 2.20. The quantitative estimate of drug-likeness (QED) is 0.912. The number of aliphatic hydroxyl groups excluding tert-OH is 1. The van der Waals surface area contributed by atoms with E-state index in [9.17, 15) is 17.9 Å². The molecule has 0 fully saturated rings. The van der Waals surface area contributed by atoms with Gasteiger partial charge in [-0.25, -0.2) is 12.8 Å². The number of hydrogen-bond acceptors (Lipinski definition) is 3. The lowest BCUT2D eigenvalue weighted by Gasteiger charge is -2.10. The van der Waals surface area contributed by atoms with Crippen LogP contribution in [0.1, 0.15) is 24.2 Å². The van der Waals surface area contributed by atoms with Crippen LogP contribution in [-0.2, 0) is 10.0 Å². The lowest BCUT2D eigenvalue weighted by atomic mass is 10.1. The minimum Gasteiger partial charge on any atom is -0.389 e. The minimum atomic E-state index is -3.78. The largest absolute Gasteiger partial charge is 0.389 e. The highest BCUT2D eigenvalue weighted by atomic mass is 32.2. The first kappa shape index (κ1) is 15.5. The summed E-state index contributed by atoms with van der Waals surface area (Å²) in [5.74, 6) is -0.473.